The minimum absolute atomic E-state index is 0.0758. The number of imidazole rings is 1. The molecule has 0 aromatic carbocycles. The van der Waals surface area contributed by atoms with Crippen molar-refractivity contribution in [3.05, 3.63) is 42.7 Å². The predicted molar refractivity (Wildman–Crippen MR) is 114 cm³/mol. The van der Waals surface area contributed by atoms with Gasteiger partial charge < -0.3 is 30.5 Å². The second-order valence-corrected chi connectivity index (χ2v) is 10.5. The lowest BCUT2D eigenvalue weighted by Gasteiger charge is -2.22. The zero-order valence-electron chi connectivity index (χ0n) is 18.3. The van der Waals surface area contributed by atoms with Gasteiger partial charge in [-0.05, 0) is 13.0 Å². The lowest BCUT2D eigenvalue weighted by atomic mass is 10.1. The third-order valence-electron chi connectivity index (χ3n) is 4.99. The van der Waals surface area contributed by atoms with E-state index in [1.807, 2.05) is 0 Å². The van der Waals surface area contributed by atoms with E-state index in [4.69, 9.17) is 10.5 Å². The number of phosphoric acid groups is 2. The van der Waals surface area contributed by atoms with Crippen LogP contribution in [0.4, 0.5) is 5.82 Å². The first-order chi connectivity index (χ1) is 16.9. The van der Waals surface area contributed by atoms with E-state index in [9.17, 15) is 34.6 Å². The van der Waals surface area contributed by atoms with Gasteiger partial charge in [0.15, 0.2) is 23.5 Å². The van der Waals surface area contributed by atoms with E-state index in [1.165, 1.54) is 30.0 Å². The van der Waals surface area contributed by atoms with Gasteiger partial charge >= 0.3 is 16.3 Å². The Morgan fingerprint density at radius 3 is 2.72 bits per heavy atom. The fourth-order valence-corrected chi connectivity index (χ4v) is 5.35. The zero-order chi connectivity index (χ0) is 26.3. The van der Waals surface area contributed by atoms with Crippen molar-refractivity contribution in [1.82, 2.24) is 19.5 Å². The molecule has 17 nitrogen and oxygen atoms in total. The van der Waals surface area contributed by atoms with Crippen LogP contribution in [0.15, 0.2) is 37.2 Å². The summed E-state index contributed by atoms with van der Waals surface area (Å²) < 4.78 is 21.0. The highest BCUT2D eigenvalue weighted by atomic mass is 31.3. The number of aromatic nitrogens is 5. The number of nitrogen functional groups attached to an aromatic ring is 1. The average molecular weight is 547 g/mol. The van der Waals surface area contributed by atoms with Gasteiger partial charge in [0.25, 0.3) is 0 Å². The van der Waals surface area contributed by atoms with Gasteiger partial charge in [-0.25, -0.2) is 15.0 Å². The molecule has 0 spiro atoms. The van der Waals surface area contributed by atoms with Crippen molar-refractivity contribution in [3.63, 3.8) is 0 Å². The molecule has 1 fully saturated rings. The summed E-state index contributed by atoms with van der Waals surface area (Å²) >= 11 is 0. The topological polar surface area (TPSA) is 255 Å². The number of ether oxygens (including phenoxy) is 1. The maximum absolute atomic E-state index is 12.3. The Balaban J connectivity index is 1.39. The molecule has 1 aliphatic rings. The van der Waals surface area contributed by atoms with Crippen LogP contribution in [0.1, 0.15) is 23.5 Å². The second-order valence-electron chi connectivity index (χ2n) is 7.53. The number of hydrogen-bond donors (Lipinski definition) is 5. The van der Waals surface area contributed by atoms with Crippen LogP contribution in [0.25, 0.3) is 11.2 Å². The predicted octanol–water partition coefficient (Wildman–Crippen LogP) is -3.26. The Bertz CT molecular complexity index is 1260. The number of hydrogen-bond acceptors (Lipinski definition) is 15. The normalized spacial score (nSPS) is 25.4. The highest BCUT2D eigenvalue weighted by Gasteiger charge is 2.53. The second kappa shape index (κ2) is 10.1. The van der Waals surface area contributed by atoms with E-state index < -0.39 is 47.5 Å². The van der Waals surface area contributed by atoms with E-state index in [-0.39, 0.29) is 28.3 Å². The van der Waals surface area contributed by atoms with Crippen molar-refractivity contribution in [2.45, 2.75) is 31.5 Å². The number of carbonyl (C=O) groups excluding carboxylic acids is 1. The number of carbonyl (C=O) groups is 1. The lowest BCUT2D eigenvalue weighted by molar-refractivity contribution is -0.865. The molecule has 0 amide bonds. The average Bonchev–Trinajstić information content (AvgIpc) is 3.33. The smallest absolute Gasteiger partial charge is 0.561 e. The Labute approximate surface area is 203 Å². The number of nitrogens with zero attached hydrogens (tertiary/aromatic N) is 5. The summed E-state index contributed by atoms with van der Waals surface area (Å²) in [7, 11) is -10.5. The molecular formula is C17H21N6O11P2+. The van der Waals surface area contributed by atoms with Crippen molar-refractivity contribution in [3.8, 4) is 0 Å². The summed E-state index contributed by atoms with van der Waals surface area (Å²) in [4.78, 5) is 67.5. The minimum atomic E-state index is -5.25. The molecule has 19 heteroatoms. The van der Waals surface area contributed by atoms with Crippen LogP contribution in [0, 0.1) is 0 Å². The van der Waals surface area contributed by atoms with Crippen molar-refractivity contribution in [1.29, 1.82) is 0 Å². The summed E-state index contributed by atoms with van der Waals surface area (Å²) in [5, 5.41) is 20.8. The molecule has 0 radical (unpaired) electrons. The van der Waals surface area contributed by atoms with Crippen LogP contribution in [0.2, 0.25) is 0 Å². The first kappa shape index (κ1) is 26.5. The fourth-order valence-electron chi connectivity index (χ4n) is 3.32. The standard InChI is InChI=1S/C17H20N6O11P2/c1-9(24)10-3-2-4-22(5-10)33-36(29,30)34-35(27,28)31-6-11-13(25)14(26)17(32-11)23-8-21-12-15(18)19-7-20-16(12)23/h2-5,7-8,11,13-14,17,25-26H,6H2,1H3,(H3-,18,19,20,27,28,29,30)/p+1/t11-,13-,14-,17-/m1/s1. The molecule has 0 aliphatic carbocycles. The quantitative estimate of drug-likeness (QED) is 0.100. The molecule has 6 N–H and O–H groups in total. The summed E-state index contributed by atoms with van der Waals surface area (Å²) in [5.74, 6) is -0.292. The Morgan fingerprint density at radius 1 is 1.25 bits per heavy atom. The molecule has 6 atom stereocenters. The Morgan fingerprint density at radius 2 is 2.00 bits per heavy atom. The molecule has 1 aliphatic heterocycles. The maximum Gasteiger partial charge on any atom is 0.561 e. The molecule has 0 saturated carbocycles. The molecule has 1 saturated heterocycles. The van der Waals surface area contributed by atoms with Gasteiger partial charge in [0.2, 0.25) is 12.4 Å². The van der Waals surface area contributed by atoms with E-state index >= 15 is 0 Å². The van der Waals surface area contributed by atoms with Crippen LogP contribution >= 0.6 is 16.3 Å². The summed E-state index contributed by atoms with van der Waals surface area (Å²) in [5.41, 5.74) is 6.28. The number of phosphoric ester groups is 1. The Hall–Kier alpha value is -2.53. The number of nitrogens with two attached hydrogens (primary N) is 1. The van der Waals surface area contributed by atoms with Crippen molar-refractivity contribution in [2.75, 3.05) is 12.3 Å². The number of anilines is 1. The van der Waals surface area contributed by atoms with E-state index in [0.29, 0.717) is 4.73 Å². The number of pyridine rings is 1. The summed E-state index contributed by atoms with van der Waals surface area (Å²) in [6.45, 7) is 0.420. The fraction of sp³-hybridized carbons (Fsp3) is 0.353. The van der Waals surface area contributed by atoms with E-state index in [2.05, 4.69) is 28.4 Å². The zero-order valence-corrected chi connectivity index (χ0v) is 20.1. The first-order valence-corrected chi connectivity index (χ1v) is 13.0. The number of Topliss-reactive ketones (excluding diaryl/α,β-unsaturated/α-hetero) is 1. The van der Waals surface area contributed by atoms with Crippen molar-refractivity contribution in [2.24, 2.45) is 0 Å². The molecule has 2 unspecified atom stereocenters. The van der Waals surface area contributed by atoms with E-state index in [0.717, 1.165) is 18.7 Å². The molecule has 194 valence electrons. The largest absolute Gasteiger partial charge is 0.603 e. The number of aliphatic hydroxyl groups excluding tert-OH is 2. The van der Waals surface area contributed by atoms with Gasteiger partial charge in [0, 0.05) is 10.4 Å². The summed E-state index contributed by atoms with van der Waals surface area (Å²) in [6.07, 6.45) is -1.13. The third kappa shape index (κ3) is 5.72. The molecule has 36 heavy (non-hydrogen) atoms. The third-order valence-corrected chi connectivity index (χ3v) is 7.51. The van der Waals surface area contributed by atoms with E-state index in [1.54, 1.807) is 0 Å². The van der Waals surface area contributed by atoms with Gasteiger partial charge in [0.05, 0.1) is 16.6 Å². The molecule has 0 bridgehead atoms. The van der Waals surface area contributed by atoms with Gasteiger partial charge in [-0.1, -0.05) is 4.62 Å². The number of fused-ring (bicyclic) bond motifs is 1. The van der Waals surface area contributed by atoms with Crippen LogP contribution < -0.4 is 24.9 Å². The van der Waals surface area contributed by atoms with Gasteiger partial charge in [0.1, 0.15) is 36.8 Å². The highest BCUT2D eigenvalue weighted by molar-refractivity contribution is 7.66. The SMILES string of the molecule is CC(=O)c1ccc[n+](O[P+]([O-])(O)O[P+]([O-])(O)OC[C@H]2O[C@@H](n3cnc4c(N)ncnc43)[C@H](O)[C@@H]2O)c1. The lowest BCUT2D eigenvalue weighted by Crippen LogP contribution is -2.45. The minimum Gasteiger partial charge on any atom is -0.603 e. The van der Waals surface area contributed by atoms with Crippen molar-refractivity contribution < 1.29 is 57.5 Å². The monoisotopic (exact) mass is 547 g/mol. The van der Waals surface area contributed by atoms with Gasteiger partial charge in [-0.3, -0.25) is 9.36 Å². The number of rotatable bonds is 9. The molecule has 3 aromatic rings. The Kier molecular flexibility index (Phi) is 7.43. The van der Waals surface area contributed by atoms with Crippen molar-refractivity contribution >= 4 is 39.1 Å². The van der Waals surface area contributed by atoms with Gasteiger partial charge in [-0.2, -0.15) is 14.3 Å². The maximum atomic E-state index is 12.3. The summed E-state index contributed by atoms with van der Waals surface area (Å²) in [6, 6.07) is 2.74. The van der Waals surface area contributed by atoms with Gasteiger partial charge in [-0.15, -0.1) is 0 Å². The molecule has 4 rings (SSSR count). The number of ketones is 1. The molecule has 4 heterocycles. The van der Waals surface area contributed by atoms with Crippen LogP contribution in [0.5, 0.6) is 0 Å². The van der Waals surface area contributed by atoms with Crippen LogP contribution in [0.3, 0.4) is 0 Å². The van der Waals surface area contributed by atoms with Crippen LogP contribution in [-0.2, 0) is 13.6 Å². The molecule has 3 aromatic heterocycles. The highest BCUT2D eigenvalue weighted by Crippen LogP contribution is 2.63. The molecular weight excluding hydrogens is 526 g/mol. The first-order valence-electron chi connectivity index (χ1n) is 10.1. The van der Waals surface area contributed by atoms with Crippen LogP contribution in [-0.4, -0.2) is 70.2 Å². The number of aliphatic hydroxyl groups is 2.